The molecular weight excluding hydrogens is 354 g/mol. The van der Waals surface area contributed by atoms with Crippen molar-refractivity contribution in [1.29, 1.82) is 0 Å². The van der Waals surface area contributed by atoms with Crippen molar-refractivity contribution in [2.75, 3.05) is 47.8 Å². The van der Waals surface area contributed by atoms with Crippen molar-refractivity contribution in [1.82, 2.24) is 9.88 Å². The van der Waals surface area contributed by atoms with Gasteiger partial charge in [0, 0.05) is 44.8 Å². The predicted octanol–water partition coefficient (Wildman–Crippen LogP) is 1.97. The van der Waals surface area contributed by atoms with Crippen LogP contribution in [0.25, 0.3) is 0 Å². The Labute approximate surface area is 164 Å². The van der Waals surface area contributed by atoms with Gasteiger partial charge in [-0.3, -0.25) is 14.5 Å². The molecular formula is C21H25N5O2. The van der Waals surface area contributed by atoms with Crippen molar-refractivity contribution in [2.45, 2.75) is 19.4 Å². The summed E-state index contributed by atoms with van der Waals surface area (Å²) in [7, 11) is 0. The molecule has 1 N–H and O–H groups in total. The lowest BCUT2D eigenvalue weighted by Gasteiger charge is -2.36. The van der Waals surface area contributed by atoms with Crippen LogP contribution in [0.5, 0.6) is 0 Å². The SMILES string of the molecule is C[C@H]1CC(=O)Nc2ccccc2N1C(=O)CN1CCN(c2ccccn2)CC1. The van der Waals surface area contributed by atoms with E-state index in [1.54, 1.807) is 11.1 Å². The van der Waals surface area contributed by atoms with Crippen molar-refractivity contribution in [3.05, 3.63) is 48.7 Å². The number of benzene rings is 1. The number of aromatic nitrogens is 1. The highest BCUT2D eigenvalue weighted by Crippen LogP contribution is 2.31. The van der Waals surface area contributed by atoms with E-state index in [9.17, 15) is 9.59 Å². The van der Waals surface area contributed by atoms with Crippen LogP contribution in [0.2, 0.25) is 0 Å². The van der Waals surface area contributed by atoms with Gasteiger partial charge in [0.05, 0.1) is 17.9 Å². The van der Waals surface area contributed by atoms with Crippen LogP contribution < -0.4 is 15.1 Å². The molecule has 28 heavy (non-hydrogen) atoms. The minimum absolute atomic E-state index is 0.0303. The number of rotatable bonds is 3. The second-order valence-electron chi connectivity index (χ2n) is 7.33. The number of carbonyl (C=O) groups excluding carboxylic acids is 2. The van der Waals surface area contributed by atoms with Gasteiger partial charge in [0.2, 0.25) is 11.8 Å². The summed E-state index contributed by atoms with van der Waals surface area (Å²) in [6.45, 7) is 5.58. The fourth-order valence-electron chi connectivity index (χ4n) is 3.91. The topological polar surface area (TPSA) is 68.8 Å². The highest BCUT2D eigenvalue weighted by Gasteiger charge is 2.31. The van der Waals surface area contributed by atoms with Gasteiger partial charge in [-0.15, -0.1) is 0 Å². The second-order valence-corrected chi connectivity index (χ2v) is 7.33. The number of para-hydroxylation sites is 2. The third-order valence-electron chi connectivity index (χ3n) is 5.33. The van der Waals surface area contributed by atoms with Gasteiger partial charge in [0.15, 0.2) is 0 Å². The third-order valence-corrected chi connectivity index (χ3v) is 5.33. The molecule has 2 aromatic rings. The maximum atomic E-state index is 13.2. The Morgan fingerprint density at radius 3 is 2.61 bits per heavy atom. The summed E-state index contributed by atoms with van der Waals surface area (Å²) in [4.78, 5) is 35.9. The molecule has 0 radical (unpaired) electrons. The highest BCUT2D eigenvalue weighted by molar-refractivity contribution is 6.04. The number of nitrogens with zero attached hydrogens (tertiary/aromatic N) is 4. The van der Waals surface area contributed by atoms with Gasteiger partial charge >= 0.3 is 0 Å². The average Bonchev–Trinajstić information content (AvgIpc) is 2.83. The lowest BCUT2D eigenvalue weighted by Crippen LogP contribution is -2.51. The number of anilines is 3. The molecule has 2 aliphatic heterocycles. The summed E-state index contributed by atoms with van der Waals surface area (Å²) in [6, 6.07) is 13.3. The van der Waals surface area contributed by atoms with E-state index in [2.05, 4.69) is 20.1 Å². The van der Waals surface area contributed by atoms with E-state index in [0.717, 1.165) is 37.7 Å². The Hall–Kier alpha value is -2.93. The summed E-state index contributed by atoms with van der Waals surface area (Å²) in [5.41, 5.74) is 1.48. The Morgan fingerprint density at radius 1 is 1.11 bits per heavy atom. The van der Waals surface area contributed by atoms with Gasteiger partial charge in [0.1, 0.15) is 5.82 Å². The summed E-state index contributed by atoms with van der Waals surface area (Å²) in [6.07, 6.45) is 2.10. The van der Waals surface area contributed by atoms with Crippen molar-refractivity contribution in [2.24, 2.45) is 0 Å². The molecule has 1 atom stereocenters. The molecule has 1 aromatic carbocycles. The normalized spacial score (nSPS) is 20.3. The Bertz CT molecular complexity index is 849. The molecule has 1 aromatic heterocycles. The van der Waals surface area contributed by atoms with Gasteiger partial charge in [-0.05, 0) is 31.2 Å². The van der Waals surface area contributed by atoms with E-state index in [4.69, 9.17) is 0 Å². The van der Waals surface area contributed by atoms with Crippen LogP contribution in [0.15, 0.2) is 48.7 Å². The van der Waals surface area contributed by atoms with Crippen molar-refractivity contribution >= 4 is 29.0 Å². The average molecular weight is 379 g/mol. The molecule has 7 heteroatoms. The molecule has 1 fully saturated rings. The third kappa shape index (κ3) is 3.84. The maximum absolute atomic E-state index is 13.2. The minimum Gasteiger partial charge on any atom is -0.354 e. The summed E-state index contributed by atoms with van der Waals surface area (Å²) in [5.74, 6) is 0.954. The maximum Gasteiger partial charge on any atom is 0.241 e. The van der Waals surface area contributed by atoms with E-state index in [1.165, 1.54) is 0 Å². The summed E-state index contributed by atoms with van der Waals surface area (Å²) in [5, 5.41) is 2.91. The zero-order valence-corrected chi connectivity index (χ0v) is 16.0. The first-order valence-corrected chi connectivity index (χ1v) is 9.71. The number of nitrogens with one attached hydrogen (secondary N) is 1. The van der Waals surface area contributed by atoms with E-state index in [0.29, 0.717) is 18.7 Å². The van der Waals surface area contributed by atoms with Gasteiger partial charge in [-0.1, -0.05) is 18.2 Å². The zero-order valence-electron chi connectivity index (χ0n) is 16.0. The van der Waals surface area contributed by atoms with Crippen molar-refractivity contribution in [3.63, 3.8) is 0 Å². The molecule has 0 unspecified atom stereocenters. The zero-order chi connectivity index (χ0) is 19.5. The van der Waals surface area contributed by atoms with Crippen LogP contribution in [0.3, 0.4) is 0 Å². The summed E-state index contributed by atoms with van der Waals surface area (Å²) >= 11 is 0. The first-order valence-electron chi connectivity index (χ1n) is 9.71. The lowest BCUT2D eigenvalue weighted by molar-refractivity contribution is -0.120. The number of pyridine rings is 1. The highest BCUT2D eigenvalue weighted by atomic mass is 16.2. The Balaban J connectivity index is 1.43. The van der Waals surface area contributed by atoms with Crippen molar-refractivity contribution < 1.29 is 9.59 Å². The van der Waals surface area contributed by atoms with E-state index >= 15 is 0 Å². The van der Waals surface area contributed by atoms with Crippen LogP contribution in [-0.2, 0) is 9.59 Å². The lowest BCUT2D eigenvalue weighted by atomic mass is 10.1. The fraction of sp³-hybridized carbons (Fsp3) is 0.381. The molecule has 2 aliphatic rings. The smallest absolute Gasteiger partial charge is 0.241 e. The van der Waals surface area contributed by atoms with Crippen molar-refractivity contribution in [3.8, 4) is 0 Å². The first kappa shape index (κ1) is 18.4. The Morgan fingerprint density at radius 2 is 1.86 bits per heavy atom. The second kappa shape index (κ2) is 7.98. The van der Waals surface area contributed by atoms with Crippen LogP contribution in [0.1, 0.15) is 13.3 Å². The molecule has 4 rings (SSSR count). The fourth-order valence-corrected chi connectivity index (χ4v) is 3.91. The van der Waals surface area contributed by atoms with Gasteiger partial charge in [0.25, 0.3) is 0 Å². The molecule has 7 nitrogen and oxygen atoms in total. The van der Waals surface area contributed by atoms with Crippen LogP contribution in [0, 0.1) is 0 Å². The molecule has 3 heterocycles. The van der Waals surface area contributed by atoms with Gasteiger partial charge < -0.3 is 15.1 Å². The number of fused-ring (bicyclic) bond motifs is 1. The van der Waals surface area contributed by atoms with Gasteiger partial charge in [-0.25, -0.2) is 4.98 Å². The number of amides is 2. The van der Waals surface area contributed by atoms with Gasteiger partial charge in [-0.2, -0.15) is 0 Å². The molecule has 2 amide bonds. The standard InChI is InChI=1S/C21H25N5O2/c1-16-14-20(27)23-17-6-2-3-7-18(17)26(16)21(28)15-24-10-12-25(13-11-24)19-8-4-5-9-22-19/h2-9,16H,10-15H2,1H3,(H,23,27)/t16-/m0/s1. The molecule has 0 aliphatic carbocycles. The number of hydrogen-bond acceptors (Lipinski definition) is 5. The molecule has 0 bridgehead atoms. The quantitative estimate of drug-likeness (QED) is 0.883. The summed E-state index contributed by atoms with van der Waals surface area (Å²) < 4.78 is 0. The van der Waals surface area contributed by atoms with E-state index in [-0.39, 0.29) is 17.9 Å². The molecule has 0 spiro atoms. The first-order chi connectivity index (χ1) is 13.6. The molecule has 146 valence electrons. The van der Waals surface area contributed by atoms with Crippen LogP contribution in [-0.4, -0.2) is 60.5 Å². The predicted molar refractivity (Wildman–Crippen MR) is 110 cm³/mol. The number of carbonyl (C=O) groups is 2. The largest absolute Gasteiger partial charge is 0.354 e. The number of hydrogen-bond donors (Lipinski definition) is 1. The van der Waals surface area contributed by atoms with E-state index < -0.39 is 0 Å². The van der Waals surface area contributed by atoms with Crippen LogP contribution >= 0.6 is 0 Å². The molecule has 0 saturated carbocycles. The number of piperazine rings is 1. The van der Waals surface area contributed by atoms with Crippen LogP contribution in [0.4, 0.5) is 17.2 Å². The molecule has 1 saturated heterocycles. The minimum atomic E-state index is -0.175. The Kier molecular flexibility index (Phi) is 5.25. The monoisotopic (exact) mass is 379 g/mol. The van der Waals surface area contributed by atoms with E-state index in [1.807, 2.05) is 49.4 Å².